The Kier molecular flexibility index (Phi) is 7.11. The lowest BCUT2D eigenvalue weighted by Crippen LogP contribution is -2.54. The molecule has 19 heavy (non-hydrogen) atoms. The van der Waals surface area contributed by atoms with Crippen LogP contribution in [0.3, 0.4) is 0 Å². The number of hydrogen-bond donors (Lipinski definition) is 1. The average Bonchev–Trinajstić information content (AvgIpc) is 2.46. The largest absolute Gasteiger partial charge is 0.341 e. The fourth-order valence-electron chi connectivity index (χ4n) is 3.13. The summed E-state index contributed by atoms with van der Waals surface area (Å²) in [7, 11) is 2.02. The van der Waals surface area contributed by atoms with Crippen molar-refractivity contribution in [3.05, 3.63) is 0 Å². The smallest absolute Gasteiger partial charge is 0.239 e. The summed E-state index contributed by atoms with van der Waals surface area (Å²) in [6.07, 6.45) is 6.07. The molecule has 5 heteroatoms. The Labute approximate surface area is 123 Å². The number of likely N-dealkylation sites (tertiary alicyclic amines) is 2. The summed E-state index contributed by atoms with van der Waals surface area (Å²) in [5.74, 6) is 0.339. The molecule has 2 unspecified atom stereocenters. The van der Waals surface area contributed by atoms with E-state index < -0.39 is 0 Å². The lowest BCUT2D eigenvalue weighted by Gasteiger charge is -2.38. The SMILES string of the molecule is CNC1CCCN(C(C)C(=O)N2CCCCC2)C1.Cl. The molecule has 0 saturated carbocycles. The molecule has 0 spiro atoms. The number of amides is 1. The van der Waals surface area contributed by atoms with Crippen molar-refractivity contribution in [3.63, 3.8) is 0 Å². The summed E-state index contributed by atoms with van der Waals surface area (Å²) in [4.78, 5) is 16.9. The summed E-state index contributed by atoms with van der Waals surface area (Å²) < 4.78 is 0. The zero-order valence-electron chi connectivity index (χ0n) is 12.2. The van der Waals surface area contributed by atoms with Crippen molar-refractivity contribution < 1.29 is 4.79 Å². The van der Waals surface area contributed by atoms with E-state index in [0.717, 1.165) is 26.2 Å². The Morgan fingerprint density at radius 3 is 2.47 bits per heavy atom. The Bertz CT molecular complexity index is 282. The van der Waals surface area contributed by atoms with Crippen LogP contribution in [0, 0.1) is 0 Å². The van der Waals surface area contributed by atoms with E-state index >= 15 is 0 Å². The van der Waals surface area contributed by atoms with Crippen molar-refractivity contribution in [3.8, 4) is 0 Å². The zero-order valence-corrected chi connectivity index (χ0v) is 13.0. The molecule has 0 aliphatic carbocycles. The normalized spacial score (nSPS) is 26.6. The molecule has 0 aromatic heterocycles. The van der Waals surface area contributed by atoms with Gasteiger partial charge in [0.15, 0.2) is 0 Å². The summed E-state index contributed by atoms with van der Waals surface area (Å²) in [5.41, 5.74) is 0. The second kappa shape index (κ2) is 8.08. The van der Waals surface area contributed by atoms with E-state index in [9.17, 15) is 4.79 Å². The van der Waals surface area contributed by atoms with Gasteiger partial charge in [-0.3, -0.25) is 9.69 Å². The van der Waals surface area contributed by atoms with Crippen LogP contribution in [0.5, 0.6) is 0 Å². The molecule has 0 aromatic carbocycles. The molecule has 2 aliphatic heterocycles. The molecule has 2 aliphatic rings. The molecule has 2 fully saturated rings. The third-order valence-corrected chi connectivity index (χ3v) is 4.43. The van der Waals surface area contributed by atoms with Crippen molar-refractivity contribution in [1.82, 2.24) is 15.1 Å². The molecule has 2 rings (SSSR count). The van der Waals surface area contributed by atoms with Crippen molar-refractivity contribution in [1.29, 1.82) is 0 Å². The topological polar surface area (TPSA) is 35.6 Å². The minimum atomic E-state index is 0. The number of rotatable bonds is 3. The van der Waals surface area contributed by atoms with E-state index in [1.807, 2.05) is 7.05 Å². The van der Waals surface area contributed by atoms with Crippen LogP contribution in [-0.4, -0.2) is 61.0 Å². The van der Waals surface area contributed by atoms with Gasteiger partial charge in [0.05, 0.1) is 6.04 Å². The summed E-state index contributed by atoms with van der Waals surface area (Å²) in [5, 5.41) is 3.34. The summed E-state index contributed by atoms with van der Waals surface area (Å²) >= 11 is 0. The molecule has 2 saturated heterocycles. The molecule has 112 valence electrons. The number of piperidine rings is 2. The van der Waals surface area contributed by atoms with Gasteiger partial charge in [-0.25, -0.2) is 0 Å². The summed E-state index contributed by atoms with van der Waals surface area (Å²) in [6.45, 7) is 6.09. The van der Waals surface area contributed by atoms with Gasteiger partial charge < -0.3 is 10.2 Å². The maximum atomic E-state index is 12.5. The first-order valence-corrected chi connectivity index (χ1v) is 7.42. The number of nitrogens with one attached hydrogen (secondary N) is 1. The first-order valence-electron chi connectivity index (χ1n) is 7.42. The Morgan fingerprint density at radius 2 is 1.84 bits per heavy atom. The molecule has 4 nitrogen and oxygen atoms in total. The van der Waals surface area contributed by atoms with E-state index in [1.165, 1.54) is 32.1 Å². The van der Waals surface area contributed by atoms with Gasteiger partial charge >= 0.3 is 0 Å². The van der Waals surface area contributed by atoms with E-state index in [2.05, 4.69) is 22.0 Å². The highest BCUT2D eigenvalue weighted by atomic mass is 35.5. The number of nitrogens with zero attached hydrogens (tertiary/aromatic N) is 2. The minimum absolute atomic E-state index is 0. The van der Waals surface area contributed by atoms with E-state index in [1.54, 1.807) is 0 Å². The third kappa shape index (κ3) is 4.33. The van der Waals surface area contributed by atoms with Crippen molar-refractivity contribution >= 4 is 18.3 Å². The Balaban J connectivity index is 0.00000180. The molecule has 1 amide bonds. The number of likely N-dealkylation sites (N-methyl/N-ethyl adjacent to an activating group) is 1. The fourth-order valence-corrected chi connectivity index (χ4v) is 3.13. The number of halogens is 1. The van der Waals surface area contributed by atoms with Crippen LogP contribution >= 0.6 is 12.4 Å². The first kappa shape index (κ1) is 16.7. The molecule has 0 bridgehead atoms. The van der Waals surface area contributed by atoms with Crippen LogP contribution in [0.25, 0.3) is 0 Å². The number of carbonyl (C=O) groups excluding carboxylic acids is 1. The lowest BCUT2D eigenvalue weighted by molar-refractivity contribution is -0.137. The van der Waals surface area contributed by atoms with Gasteiger partial charge in [0.25, 0.3) is 0 Å². The van der Waals surface area contributed by atoms with Crippen LogP contribution in [-0.2, 0) is 4.79 Å². The highest BCUT2D eigenvalue weighted by Crippen LogP contribution is 2.16. The van der Waals surface area contributed by atoms with Crippen molar-refractivity contribution in [2.75, 3.05) is 33.2 Å². The van der Waals surface area contributed by atoms with Gasteiger partial charge in [-0.15, -0.1) is 12.4 Å². The standard InChI is InChI=1S/C14H27N3O.ClH/c1-12(14(18)16-8-4-3-5-9-16)17-10-6-7-13(11-17)15-2;/h12-13,15H,3-11H2,1-2H3;1H. The van der Waals surface area contributed by atoms with Gasteiger partial charge in [0, 0.05) is 25.7 Å². The first-order chi connectivity index (χ1) is 8.72. The maximum absolute atomic E-state index is 12.5. The molecule has 0 radical (unpaired) electrons. The molecule has 2 heterocycles. The van der Waals surface area contributed by atoms with Crippen LogP contribution in [0.4, 0.5) is 0 Å². The monoisotopic (exact) mass is 289 g/mol. The zero-order chi connectivity index (χ0) is 13.0. The second-order valence-electron chi connectivity index (χ2n) is 5.68. The maximum Gasteiger partial charge on any atom is 0.239 e. The predicted molar refractivity (Wildman–Crippen MR) is 80.8 cm³/mol. The number of carbonyl (C=O) groups is 1. The van der Waals surface area contributed by atoms with Gasteiger partial charge in [0.2, 0.25) is 5.91 Å². The van der Waals surface area contributed by atoms with Crippen LogP contribution in [0.1, 0.15) is 39.0 Å². The van der Waals surface area contributed by atoms with E-state index in [-0.39, 0.29) is 18.4 Å². The molecule has 2 atom stereocenters. The highest BCUT2D eigenvalue weighted by Gasteiger charge is 2.29. The van der Waals surface area contributed by atoms with E-state index in [0.29, 0.717) is 11.9 Å². The van der Waals surface area contributed by atoms with Crippen LogP contribution in [0.2, 0.25) is 0 Å². The minimum Gasteiger partial charge on any atom is -0.341 e. The molecular weight excluding hydrogens is 262 g/mol. The second-order valence-corrected chi connectivity index (χ2v) is 5.68. The highest BCUT2D eigenvalue weighted by molar-refractivity contribution is 5.85. The third-order valence-electron chi connectivity index (χ3n) is 4.43. The quantitative estimate of drug-likeness (QED) is 0.855. The summed E-state index contributed by atoms with van der Waals surface area (Å²) in [6, 6.07) is 0.606. The van der Waals surface area contributed by atoms with Crippen LogP contribution in [0.15, 0.2) is 0 Å². The van der Waals surface area contributed by atoms with Gasteiger partial charge in [-0.2, -0.15) is 0 Å². The Hall–Kier alpha value is -0.320. The Morgan fingerprint density at radius 1 is 1.16 bits per heavy atom. The molecule has 0 aromatic rings. The van der Waals surface area contributed by atoms with Crippen LogP contribution < -0.4 is 5.32 Å². The van der Waals surface area contributed by atoms with E-state index in [4.69, 9.17) is 0 Å². The molecular formula is C14H28ClN3O. The van der Waals surface area contributed by atoms with Gasteiger partial charge in [0.1, 0.15) is 0 Å². The van der Waals surface area contributed by atoms with Crippen molar-refractivity contribution in [2.24, 2.45) is 0 Å². The number of hydrogen-bond acceptors (Lipinski definition) is 3. The average molecular weight is 290 g/mol. The lowest BCUT2D eigenvalue weighted by atomic mass is 10.0. The van der Waals surface area contributed by atoms with Crippen molar-refractivity contribution in [2.45, 2.75) is 51.1 Å². The van der Waals surface area contributed by atoms with Gasteiger partial charge in [-0.1, -0.05) is 0 Å². The predicted octanol–water partition coefficient (Wildman–Crippen LogP) is 1.49. The van der Waals surface area contributed by atoms with Gasteiger partial charge in [-0.05, 0) is 52.6 Å². The fraction of sp³-hybridized carbons (Fsp3) is 0.929. The molecule has 1 N–H and O–H groups in total.